The minimum Gasteiger partial charge on any atom is -0.469 e. The van der Waals surface area contributed by atoms with Gasteiger partial charge in [-0.15, -0.1) is 0 Å². The van der Waals surface area contributed by atoms with Crippen molar-refractivity contribution in [3.8, 4) is 0 Å². The van der Waals surface area contributed by atoms with E-state index in [1.807, 2.05) is 12.1 Å². The molecule has 0 saturated heterocycles. The first-order valence-electron chi connectivity index (χ1n) is 6.68. The zero-order valence-corrected chi connectivity index (χ0v) is 11.3. The number of furan rings is 2. The van der Waals surface area contributed by atoms with E-state index in [1.165, 1.54) is 5.56 Å². The van der Waals surface area contributed by atoms with Crippen LogP contribution in [-0.2, 0) is 12.8 Å². The van der Waals surface area contributed by atoms with E-state index in [4.69, 9.17) is 8.83 Å². The van der Waals surface area contributed by atoms with Crippen molar-refractivity contribution in [2.24, 2.45) is 0 Å². The lowest BCUT2D eigenvalue weighted by molar-refractivity contribution is 0.419. The van der Waals surface area contributed by atoms with Gasteiger partial charge in [0.2, 0.25) is 0 Å². The van der Waals surface area contributed by atoms with Crippen LogP contribution >= 0.6 is 0 Å². The highest BCUT2D eigenvalue weighted by molar-refractivity contribution is 5.29. The third-order valence-electron chi connectivity index (χ3n) is 3.14. The SMILES string of the molecule is CCNC(c1ccc(CC)o1)c1ccoc1CC. The molecule has 2 aromatic rings. The monoisotopic (exact) mass is 247 g/mol. The van der Waals surface area contributed by atoms with Gasteiger partial charge >= 0.3 is 0 Å². The molecular formula is C15H21NO2. The third-order valence-corrected chi connectivity index (χ3v) is 3.14. The molecule has 0 aromatic carbocycles. The molecule has 3 nitrogen and oxygen atoms in total. The fourth-order valence-corrected chi connectivity index (χ4v) is 2.20. The summed E-state index contributed by atoms with van der Waals surface area (Å²) in [5, 5.41) is 3.46. The molecule has 0 fully saturated rings. The Morgan fingerprint density at radius 3 is 2.56 bits per heavy atom. The van der Waals surface area contributed by atoms with Crippen molar-refractivity contribution in [1.29, 1.82) is 0 Å². The number of hydrogen-bond donors (Lipinski definition) is 1. The van der Waals surface area contributed by atoms with Crippen LogP contribution in [0.2, 0.25) is 0 Å². The van der Waals surface area contributed by atoms with E-state index in [1.54, 1.807) is 6.26 Å². The van der Waals surface area contributed by atoms with Gasteiger partial charge in [-0.05, 0) is 24.7 Å². The standard InChI is InChI=1S/C15H21NO2/c1-4-11-7-8-14(18-11)15(16-6-3)12-9-10-17-13(12)5-2/h7-10,15-16H,4-6H2,1-3H3. The van der Waals surface area contributed by atoms with Gasteiger partial charge in [0.25, 0.3) is 0 Å². The first-order valence-corrected chi connectivity index (χ1v) is 6.68. The molecule has 0 aliphatic carbocycles. The topological polar surface area (TPSA) is 38.3 Å². The molecule has 0 aliphatic heterocycles. The summed E-state index contributed by atoms with van der Waals surface area (Å²) < 4.78 is 11.4. The van der Waals surface area contributed by atoms with Crippen LogP contribution in [0.5, 0.6) is 0 Å². The Bertz CT molecular complexity index is 484. The molecule has 98 valence electrons. The highest BCUT2D eigenvalue weighted by atomic mass is 16.3. The zero-order valence-electron chi connectivity index (χ0n) is 11.3. The van der Waals surface area contributed by atoms with E-state index in [2.05, 4.69) is 32.2 Å². The van der Waals surface area contributed by atoms with Crippen LogP contribution in [0.25, 0.3) is 0 Å². The van der Waals surface area contributed by atoms with E-state index in [0.29, 0.717) is 0 Å². The molecule has 0 saturated carbocycles. The van der Waals surface area contributed by atoms with Crippen LogP contribution in [0.3, 0.4) is 0 Å². The van der Waals surface area contributed by atoms with Crippen LogP contribution < -0.4 is 5.32 Å². The summed E-state index contributed by atoms with van der Waals surface area (Å²) in [7, 11) is 0. The average molecular weight is 247 g/mol. The summed E-state index contributed by atoms with van der Waals surface area (Å²) in [5.74, 6) is 3.01. The van der Waals surface area contributed by atoms with E-state index in [0.717, 1.165) is 36.7 Å². The molecule has 2 heterocycles. The van der Waals surface area contributed by atoms with E-state index < -0.39 is 0 Å². The Hall–Kier alpha value is -1.48. The second kappa shape index (κ2) is 5.91. The predicted molar refractivity (Wildman–Crippen MR) is 71.7 cm³/mol. The van der Waals surface area contributed by atoms with E-state index in [9.17, 15) is 0 Å². The van der Waals surface area contributed by atoms with Crippen molar-refractivity contribution in [2.45, 2.75) is 39.7 Å². The lowest BCUT2D eigenvalue weighted by Gasteiger charge is -2.15. The van der Waals surface area contributed by atoms with E-state index >= 15 is 0 Å². The van der Waals surface area contributed by atoms with Crippen molar-refractivity contribution < 1.29 is 8.83 Å². The van der Waals surface area contributed by atoms with Gasteiger partial charge in [-0.1, -0.05) is 20.8 Å². The van der Waals surface area contributed by atoms with Crippen molar-refractivity contribution >= 4 is 0 Å². The fourth-order valence-electron chi connectivity index (χ4n) is 2.20. The lowest BCUT2D eigenvalue weighted by Crippen LogP contribution is -2.22. The van der Waals surface area contributed by atoms with Crippen LogP contribution in [0.15, 0.2) is 33.3 Å². The maximum absolute atomic E-state index is 5.87. The van der Waals surface area contributed by atoms with Crippen molar-refractivity contribution in [2.75, 3.05) is 6.54 Å². The molecule has 0 radical (unpaired) electrons. The van der Waals surface area contributed by atoms with Crippen molar-refractivity contribution in [3.63, 3.8) is 0 Å². The maximum atomic E-state index is 5.87. The molecule has 3 heteroatoms. The van der Waals surface area contributed by atoms with Gasteiger partial charge in [-0.25, -0.2) is 0 Å². The fraction of sp³-hybridized carbons (Fsp3) is 0.467. The van der Waals surface area contributed by atoms with Gasteiger partial charge in [-0.3, -0.25) is 0 Å². The first kappa shape index (κ1) is 13.0. The maximum Gasteiger partial charge on any atom is 0.125 e. The number of aryl methyl sites for hydroxylation is 2. The molecular weight excluding hydrogens is 226 g/mol. The second-order valence-electron chi connectivity index (χ2n) is 4.30. The summed E-state index contributed by atoms with van der Waals surface area (Å²) >= 11 is 0. The molecule has 0 bridgehead atoms. The van der Waals surface area contributed by atoms with Crippen LogP contribution in [-0.4, -0.2) is 6.54 Å². The normalized spacial score (nSPS) is 12.8. The number of nitrogens with one attached hydrogen (secondary N) is 1. The minimum absolute atomic E-state index is 0.0870. The van der Waals surface area contributed by atoms with Gasteiger partial charge < -0.3 is 14.2 Å². The van der Waals surface area contributed by atoms with Gasteiger partial charge in [0.15, 0.2) is 0 Å². The van der Waals surface area contributed by atoms with Gasteiger partial charge in [0.1, 0.15) is 17.3 Å². The summed E-state index contributed by atoms with van der Waals surface area (Å²) in [5.41, 5.74) is 1.18. The van der Waals surface area contributed by atoms with Gasteiger partial charge in [-0.2, -0.15) is 0 Å². The summed E-state index contributed by atoms with van der Waals surface area (Å²) in [6, 6.07) is 6.22. The third kappa shape index (κ3) is 2.51. The van der Waals surface area contributed by atoms with Crippen molar-refractivity contribution in [3.05, 3.63) is 47.3 Å². The van der Waals surface area contributed by atoms with Crippen LogP contribution in [0.4, 0.5) is 0 Å². The quantitative estimate of drug-likeness (QED) is 0.846. The Balaban J connectivity index is 2.33. The average Bonchev–Trinajstić information content (AvgIpc) is 3.04. The second-order valence-corrected chi connectivity index (χ2v) is 4.30. The number of hydrogen-bond acceptors (Lipinski definition) is 3. The Morgan fingerprint density at radius 1 is 1.11 bits per heavy atom. The number of rotatable bonds is 6. The highest BCUT2D eigenvalue weighted by Gasteiger charge is 2.21. The lowest BCUT2D eigenvalue weighted by atomic mass is 10.0. The Morgan fingerprint density at radius 2 is 1.94 bits per heavy atom. The Labute approximate surface area is 108 Å². The Kier molecular flexibility index (Phi) is 4.26. The molecule has 18 heavy (non-hydrogen) atoms. The van der Waals surface area contributed by atoms with Crippen molar-refractivity contribution in [1.82, 2.24) is 5.32 Å². The summed E-state index contributed by atoms with van der Waals surface area (Å²) in [6.45, 7) is 7.19. The predicted octanol–water partition coefficient (Wildman–Crippen LogP) is 3.70. The largest absolute Gasteiger partial charge is 0.469 e. The molecule has 1 atom stereocenters. The van der Waals surface area contributed by atoms with Crippen LogP contribution in [0.1, 0.15) is 49.7 Å². The summed E-state index contributed by atoms with van der Waals surface area (Å²) in [6.07, 6.45) is 3.57. The smallest absolute Gasteiger partial charge is 0.125 e. The van der Waals surface area contributed by atoms with E-state index in [-0.39, 0.29) is 6.04 Å². The molecule has 2 aromatic heterocycles. The molecule has 1 unspecified atom stereocenters. The minimum atomic E-state index is 0.0870. The molecule has 1 N–H and O–H groups in total. The molecule has 0 spiro atoms. The molecule has 2 rings (SSSR count). The van der Waals surface area contributed by atoms with Gasteiger partial charge in [0, 0.05) is 18.4 Å². The zero-order chi connectivity index (χ0) is 13.0. The molecule has 0 aliphatic rings. The van der Waals surface area contributed by atoms with Gasteiger partial charge in [0.05, 0.1) is 12.3 Å². The molecule has 0 amide bonds. The summed E-state index contributed by atoms with van der Waals surface area (Å²) in [4.78, 5) is 0. The van der Waals surface area contributed by atoms with Crippen LogP contribution in [0, 0.1) is 0 Å². The highest BCUT2D eigenvalue weighted by Crippen LogP contribution is 2.28. The first-order chi connectivity index (χ1) is 8.80.